The number of halogens is 2. The molecule has 18 rings (SSSR count). The van der Waals surface area contributed by atoms with E-state index >= 15 is 0 Å². The summed E-state index contributed by atoms with van der Waals surface area (Å²) in [7, 11) is -0.565. The summed E-state index contributed by atoms with van der Waals surface area (Å²) in [6.45, 7) is 72.8. The van der Waals surface area contributed by atoms with Crippen LogP contribution >= 0.6 is 31.9 Å². The predicted molar refractivity (Wildman–Crippen MR) is 620 cm³/mol. The first-order valence-corrected chi connectivity index (χ1v) is 54.0. The first-order valence-electron chi connectivity index (χ1n) is 52.4. The predicted octanol–water partition coefficient (Wildman–Crippen LogP) is 35.0. The quantitative estimate of drug-likeness (QED) is 0.0712. The van der Waals surface area contributed by atoms with Crippen LogP contribution in [0.4, 0.5) is 0 Å². The molecule has 3 aromatic heterocycles. The van der Waals surface area contributed by atoms with Crippen LogP contribution in [0.2, 0.25) is 0 Å². The number of aryl methyl sites for hydroxylation is 7. The largest absolute Gasteiger partial charge is 0.505 e. The number of phenols is 2. The summed E-state index contributed by atoms with van der Waals surface area (Å²) in [5, 5.41) is 32.5. The van der Waals surface area contributed by atoms with Crippen molar-refractivity contribution in [1.82, 2.24) is 13.7 Å². The van der Waals surface area contributed by atoms with Crippen molar-refractivity contribution in [1.29, 1.82) is 0 Å². The zero-order valence-corrected chi connectivity index (χ0v) is 95.9. The topological polar surface area (TPSA) is 129 Å². The highest BCUT2D eigenvalue weighted by Gasteiger charge is 2.53. The van der Waals surface area contributed by atoms with Crippen molar-refractivity contribution in [2.75, 3.05) is 6.61 Å². The van der Waals surface area contributed by atoms with Crippen LogP contribution in [0, 0.1) is 48.5 Å². The first-order chi connectivity index (χ1) is 68.3. The van der Waals surface area contributed by atoms with Crippen LogP contribution in [-0.4, -0.2) is 79.5 Å². The van der Waals surface area contributed by atoms with Crippen molar-refractivity contribution in [3.8, 4) is 79.6 Å². The molecule has 0 spiro atoms. The van der Waals surface area contributed by atoms with Crippen LogP contribution in [0.3, 0.4) is 0 Å². The molecule has 2 N–H and O–H groups in total. The fourth-order valence-electron chi connectivity index (χ4n) is 20.4. The zero-order chi connectivity index (χ0) is 106. The number of aromatic hydroxyl groups is 2. The van der Waals surface area contributed by atoms with Gasteiger partial charge in [0.15, 0.2) is 6.29 Å². The van der Waals surface area contributed by atoms with E-state index in [9.17, 15) is 10.2 Å². The molecular formula is C130H154BBr2N3O10. The van der Waals surface area contributed by atoms with Crippen molar-refractivity contribution >= 4 is 110 Å². The molecule has 16 aromatic rings. The minimum Gasteiger partial charge on any atom is -0.505 e. The Morgan fingerprint density at radius 2 is 0.596 bits per heavy atom. The van der Waals surface area contributed by atoms with Gasteiger partial charge >= 0.3 is 7.12 Å². The Morgan fingerprint density at radius 3 is 0.884 bits per heavy atom. The second kappa shape index (κ2) is 41.0. The van der Waals surface area contributed by atoms with E-state index in [-0.39, 0.29) is 74.7 Å². The molecule has 0 bridgehead atoms. The number of benzene rings is 13. The molecule has 2 saturated heterocycles. The smallest absolute Gasteiger partial charge is 0.498 e. The van der Waals surface area contributed by atoms with Crippen LogP contribution < -0.4 is 29.1 Å². The third kappa shape index (κ3) is 22.8. The summed E-state index contributed by atoms with van der Waals surface area (Å²) in [5.74, 6) is 4.26. The number of ether oxygens (including phenoxy) is 6. The van der Waals surface area contributed by atoms with Crippen molar-refractivity contribution < 1.29 is 47.9 Å². The van der Waals surface area contributed by atoms with Gasteiger partial charge in [-0.25, -0.2) is 0 Å². The van der Waals surface area contributed by atoms with Gasteiger partial charge in [0.05, 0.1) is 101 Å². The van der Waals surface area contributed by atoms with Gasteiger partial charge in [-0.3, -0.25) is 0 Å². The molecule has 2 fully saturated rings. The molecule has 2 aliphatic heterocycles. The van der Waals surface area contributed by atoms with E-state index in [4.69, 9.17) is 37.7 Å². The van der Waals surface area contributed by atoms with Crippen LogP contribution in [0.5, 0.6) is 40.2 Å². The van der Waals surface area contributed by atoms with E-state index in [1.54, 1.807) is 0 Å². The zero-order valence-electron chi connectivity index (χ0n) is 92.7. The normalized spacial score (nSPS) is 15.6. The molecule has 16 heteroatoms. The Labute approximate surface area is 885 Å². The molecule has 5 heterocycles. The molecule has 13 nitrogen and oxygen atoms in total. The fourth-order valence-corrected chi connectivity index (χ4v) is 21.6. The van der Waals surface area contributed by atoms with E-state index in [1.807, 2.05) is 24.3 Å². The minimum atomic E-state index is -0.565. The van der Waals surface area contributed by atoms with Crippen LogP contribution in [0.15, 0.2) is 227 Å². The average molecular weight is 2090 g/mol. The summed E-state index contributed by atoms with van der Waals surface area (Å²) < 4.78 is 61.0. The van der Waals surface area contributed by atoms with E-state index in [1.165, 1.54) is 76.8 Å². The fraction of sp³-hybridized carbons (Fsp3) is 0.400. The lowest BCUT2D eigenvalue weighted by Crippen LogP contribution is -2.41. The summed E-state index contributed by atoms with van der Waals surface area (Å²) in [5.41, 5.74) is 27.3. The van der Waals surface area contributed by atoms with Gasteiger partial charge in [0, 0.05) is 79.3 Å². The van der Waals surface area contributed by atoms with E-state index in [0.29, 0.717) is 35.7 Å². The Bertz CT molecular complexity index is 7080. The van der Waals surface area contributed by atoms with Gasteiger partial charge in [-0.05, 0) is 394 Å². The lowest BCUT2D eigenvalue weighted by Gasteiger charge is -2.32. The number of hydrogen-bond acceptors (Lipinski definition) is 10. The maximum Gasteiger partial charge on any atom is 0.498 e. The molecule has 0 saturated carbocycles. The van der Waals surface area contributed by atoms with Crippen molar-refractivity contribution in [2.45, 2.75) is 335 Å². The number of phenolic OH excluding ortho intramolecular Hbond substituents is 2. The van der Waals surface area contributed by atoms with Crippen molar-refractivity contribution in [3.05, 3.63) is 300 Å². The Morgan fingerprint density at radius 1 is 0.329 bits per heavy atom. The average Bonchev–Trinajstić information content (AvgIpc) is 1.57. The van der Waals surface area contributed by atoms with Gasteiger partial charge in [-0.2, -0.15) is 0 Å². The SMILES string of the molecule is Cc1cc(B2OC(C)(C)C(C)(C)O2)c(OC2CCCCO2)c(-n2c3ccc(C(C)(C)C)cc3c3cc(C(C)(C)C)ccc32)c1.Cc1ccc(O[C@H](C)C[C@H](C)Oc2ccc(C)cc2-c2cc(C)cc(-n3c4ccc(C(C)(C)C)cc4c4cc(C(C)(C)C)ccc43)c2O)c(-c2cc(C)cc(-n3c4ccc(C(C)(C)C)cc4c4cc(C(C)(C)C)ccc43)c2O)c1.Cc1ccc(O[C@H](C)C[C@H](C)Oc2ccc(C)cc2Br)c(Br)c1. The maximum atomic E-state index is 12.7. The van der Waals surface area contributed by atoms with Gasteiger partial charge in [-0.15, -0.1) is 0 Å². The first kappa shape index (κ1) is 108. The summed E-state index contributed by atoms with van der Waals surface area (Å²) >= 11 is 7.10. The van der Waals surface area contributed by atoms with Gasteiger partial charge in [0.25, 0.3) is 0 Å². The van der Waals surface area contributed by atoms with Crippen molar-refractivity contribution in [2.24, 2.45) is 0 Å². The number of aromatic nitrogens is 3. The number of nitrogens with zero attached hydrogens (tertiary/aromatic N) is 3. The highest BCUT2D eigenvalue weighted by atomic mass is 79.9. The third-order valence-corrected chi connectivity index (χ3v) is 30.7. The Balaban J connectivity index is 0.000000188. The van der Waals surface area contributed by atoms with Gasteiger partial charge < -0.3 is 61.6 Å². The molecule has 0 radical (unpaired) electrons. The number of rotatable bonds is 20. The molecular weight excluding hydrogens is 1930 g/mol. The number of hydrogen-bond donors (Lipinski definition) is 2. The molecule has 1 unspecified atom stereocenters. The highest BCUT2D eigenvalue weighted by molar-refractivity contribution is 9.11. The molecule has 2 aliphatic rings. The molecule has 13 aromatic carbocycles. The molecule has 146 heavy (non-hydrogen) atoms. The Kier molecular flexibility index (Phi) is 30.2. The number of fused-ring (bicyclic) bond motifs is 9. The van der Waals surface area contributed by atoms with Crippen LogP contribution in [0.25, 0.3) is 105 Å². The monoisotopic (exact) mass is 2090 g/mol. The third-order valence-electron chi connectivity index (χ3n) is 29.5. The highest BCUT2D eigenvalue weighted by Crippen LogP contribution is 2.51. The lowest BCUT2D eigenvalue weighted by molar-refractivity contribution is -0.105. The van der Waals surface area contributed by atoms with E-state index in [0.717, 1.165) is 146 Å². The van der Waals surface area contributed by atoms with Crippen LogP contribution in [-0.2, 0) is 46.5 Å². The van der Waals surface area contributed by atoms with E-state index < -0.39 is 18.3 Å². The molecule has 0 amide bonds. The Hall–Kier alpha value is -11.2. The lowest BCUT2D eigenvalue weighted by atomic mass is 9.77. The van der Waals surface area contributed by atoms with Gasteiger partial charge in [-0.1, -0.05) is 202 Å². The summed E-state index contributed by atoms with van der Waals surface area (Å²) in [6, 6.07) is 78.4. The standard InChI is InChI=1S/C73H82N2O4.C38H50BNO4.C19H22Br2O2/c1-42-19-29-66(56(31-42)58-33-44(3)35-64(68(58)76)74-60-25-21-48(70(7,8)9)38-52(60)53-39-49(71(10,11)12)22-26-61(53)74)78-46(5)37-47(6)79-67-30-20-43(2)32-57(67)59-34-45(4)36-65(69(59)77)75-62-27-23-50(72(13,14)15)40-54(62)55-41-51(73(16,17)18)24-28-63(55)75;1-24-20-29(39-43-37(8,9)38(10,11)44-39)34(42-33-14-12-13-19-41-33)32(21-24)40-30-17-15-25(35(2,3)4)22-27(30)28-23-26(36(5,6)7)16-18-31(28)40;1-12-5-7-18(16(20)9-12)22-14(3)11-15(4)23-19-8-6-13(2)10-17(19)21/h19-36,38-41,46-47,76-77H,37H2,1-18H3;15-18,20-23,33H,12-14,19H2,1-11H3;5-10,14-15H,11H2,1-4H3/t46-,47+;;14-,15+. The van der Waals surface area contributed by atoms with Crippen LogP contribution in [0.1, 0.15) is 284 Å². The molecule has 0 aliphatic carbocycles. The van der Waals surface area contributed by atoms with Gasteiger partial charge in [0.2, 0.25) is 0 Å². The van der Waals surface area contributed by atoms with Gasteiger partial charge in [0.1, 0.15) is 40.2 Å². The second-order valence-corrected chi connectivity index (χ2v) is 50.7. The van der Waals surface area contributed by atoms with Crippen molar-refractivity contribution in [3.63, 3.8) is 0 Å². The minimum absolute atomic E-state index is 0.0316. The maximum absolute atomic E-state index is 12.7. The molecule has 766 valence electrons. The second-order valence-electron chi connectivity index (χ2n) is 49.0. The molecule has 5 atom stereocenters. The summed E-state index contributed by atoms with van der Waals surface area (Å²) in [4.78, 5) is 0. The van der Waals surface area contributed by atoms with E-state index in [2.05, 4.69) is 468 Å². The summed E-state index contributed by atoms with van der Waals surface area (Å²) in [6.07, 6.45) is 3.64.